The first kappa shape index (κ1) is 24.8. The molecule has 8 rings (SSSR count). The van der Waals surface area contributed by atoms with Crippen molar-refractivity contribution in [2.24, 2.45) is 11.8 Å². The minimum Gasteiger partial charge on any atom is -0.480 e. The molecule has 2 aromatic heterocycles. The van der Waals surface area contributed by atoms with E-state index in [2.05, 4.69) is 56.1 Å². The Morgan fingerprint density at radius 1 is 0.975 bits per heavy atom. The molecule has 4 bridgehead atoms. The van der Waals surface area contributed by atoms with Gasteiger partial charge in [-0.3, -0.25) is 14.7 Å². The van der Waals surface area contributed by atoms with Crippen molar-refractivity contribution in [1.82, 2.24) is 25.8 Å². The van der Waals surface area contributed by atoms with Crippen LogP contribution in [0.1, 0.15) is 64.9 Å². The van der Waals surface area contributed by atoms with E-state index in [9.17, 15) is 9.59 Å². The Balaban J connectivity index is 1.20. The zero-order valence-corrected chi connectivity index (χ0v) is 22.8. The third-order valence-electron chi connectivity index (χ3n) is 9.45. The molecule has 40 heavy (non-hydrogen) atoms. The van der Waals surface area contributed by atoms with E-state index in [1.807, 2.05) is 24.3 Å². The molecule has 4 fully saturated rings. The van der Waals surface area contributed by atoms with Gasteiger partial charge in [-0.1, -0.05) is 36.4 Å². The lowest BCUT2D eigenvalue weighted by Crippen LogP contribution is -2.64. The number of nitrogens with zero attached hydrogens (tertiary/aromatic N) is 2. The summed E-state index contributed by atoms with van der Waals surface area (Å²) in [6.45, 7) is 0. The van der Waals surface area contributed by atoms with Gasteiger partial charge in [0.2, 0.25) is 5.88 Å². The molecule has 8 heteroatoms. The van der Waals surface area contributed by atoms with E-state index < -0.39 is 0 Å². The smallest absolute Gasteiger partial charge is 0.272 e. The Bertz CT molecular complexity index is 1610. The molecule has 0 radical (unpaired) electrons. The predicted octanol–water partition coefficient (Wildman–Crippen LogP) is 5.01. The van der Waals surface area contributed by atoms with Crippen LogP contribution in [-0.2, 0) is 5.41 Å². The number of aromatic nitrogens is 3. The molecule has 8 nitrogen and oxygen atoms in total. The Labute approximate surface area is 232 Å². The fourth-order valence-electron chi connectivity index (χ4n) is 8.27. The van der Waals surface area contributed by atoms with Gasteiger partial charge in [0.1, 0.15) is 5.56 Å². The van der Waals surface area contributed by atoms with Crippen molar-refractivity contribution >= 4 is 22.7 Å². The first-order valence-corrected chi connectivity index (χ1v) is 14.0. The first-order chi connectivity index (χ1) is 19.4. The highest BCUT2D eigenvalue weighted by Gasteiger charge is 2.58. The van der Waals surface area contributed by atoms with Crippen molar-refractivity contribution in [2.45, 2.75) is 49.5 Å². The van der Waals surface area contributed by atoms with E-state index in [4.69, 9.17) is 4.74 Å². The molecular weight excluding hydrogens is 502 g/mol. The second kappa shape index (κ2) is 9.18. The number of H-pyrrole nitrogens is 1. The monoisotopic (exact) mass is 535 g/mol. The number of ether oxygens (including phenoxy) is 1. The Morgan fingerprint density at radius 3 is 2.48 bits per heavy atom. The van der Waals surface area contributed by atoms with Crippen molar-refractivity contribution in [3.8, 4) is 17.0 Å². The number of rotatable bonds is 6. The summed E-state index contributed by atoms with van der Waals surface area (Å²) < 4.78 is 5.55. The number of hydrogen-bond acceptors (Lipinski definition) is 5. The van der Waals surface area contributed by atoms with Crippen LogP contribution >= 0.6 is 0 Å². The standard InChI is InChI=1S/C32H33N5O3/c1-33-29(39)27-24-9-8-21(12-26(24)36-37-27)22-11-25(30(40-2)34-17-22)28(38)35-32-15-19-10-20(16-32)14-31(13-19,18-32)23-6-4-3-5-7-23/h3-9,11-12,17,19-20H,10,13-16,18H2,1-2H3,(H,33,39)(H,35,38)(H,36,37). The zero-order valence-electron chi connectivity index (χ0n) is 22.8. The second-order valence-corrected chi connectivity index (χ2v) is 12.0. The van der Waals surface area contributed by atoms with Crippen LogP contribution in [0.3, 0.4) is 0 Å². The number of amides is 2. The molecule has 4 aliphatic rings. The minimum absolute atomic E-state index is 0.135. The van der Waals surface area contributed by atoms with Crippen molar-refractivity contribution in [3.05, 3.63) is 77.6 Å². The molecule has 2 atom stereocenters. The van der Waals surface area contributed by atoms with E-state index in [-0.39, 0.29) is 22.8 Å². The average molecular weight is 536 g/mol. The second-order valence-electron chi connectivity index (χ2n) is 12.0. The predicted molar refractivity (Wildman–Crippen MR) is 152 cm³/mol. The lowest BCUT2D eigenvalue weighted by atomic mass is 9.45. The number of hydrogen-bond donors (Lipinski definition) is 3. The third-order valence-corrected chi connectivity index (χ3v) is 9.45. The minimum atomic E-state index is -0.247. The van der Waals surface area contributed by atoms with E-state index in [0.717, 1.165) is 41.3 Å². The molecule has 0 spiro atoms. The highest BCUT2D eigenvalue weighted by atomic mass is 16.5. The van der Waals surface area contributed by atoms with Gasteiger partial charge in [0.05, 0.1) is 12.6 Å². The summed E-state index contributed by atoms with van der Waals surface area (Å²) in [6, 6.07) is 18.5. The third kappa shape index (κ3) is 3.96. The molecule has 3 N–H and O–H groups in total. The van der Waals surface area contributed by atoms with Crippen molar-refractivity contribution in [1.29, 1.82) is 0 Å². The summed E-state index contributed by atoms with van der Waals surface area (Å²) in [6.07, 6.45) is 8.44. The van der Waals surface area contributed by atoms with Crippen LogP contribution < -0.4 is 15.4 Å². The van der Waals surface area contributed by atoms with Gasteiger partial charge >= 0.3 is 0 Å². The molecule has 2 amide bonds. The Kier molecular flexibility index (Phi) is 5.70. The van der Waals surface area contributed by atoms with Crippen LogP contribution in [0.5, 0.6) is 5.88 Å². The zero-order chi connectivity index (χ0) is 27.5. The highest BCUT2D eigenvalue weighted by Crippen LogP contribution is 2.62. The number of pyridine rings is 1. The van der Waals surface area contributed by atoms with E-state index >= 15 is 0 Å². The van der Waals surface area contributed by atoms with Gasteiger partial charge in [-0.15, -0.1) is 0 Å². The number of nitrogens with one attached hydrogen (secondary N) is 3. The topological polar surface area (TPSA) is 109 Å². The van der Waals surface area contributed by atoms with Crippen molar-refractivity contribution < 1.29 is 14.3 Å². The van der Waals surface area contributed by atoms with Crippen molar-refractivity contribution in [3.63, 3.8) is 0 Å². The SMILES string of the molecule is CNC(=O)c1n[nH]c2cc(-c3cnc(OC)c(C(=O)NC45CC6CC(C4)CC(c4ccccc4)(C6)C5)c3)ccc12. The number of benzene rings is 2. The van der Waals surface area contributed by atoms with Gasteiger partial charge in [0.25, 0.3) is 11.8 Å². The molecule has 2 aromatic carbocycles. The molecule has 4 aliphatic carbocycles. The molecular formula is C32H33N5O3. The molecule has 0 aliphatic heterocycles. The highest BCUT2D eigenvalue weighted by molar-refractivity contribution is 6.05. The molecule has 2 unspecified atom stereocenters. The fourth-order valence-corrected chi connectivity index (χ4v) is 8.27. The summed E-state index contributed by atoms with van der Waals surface area (Å²) in [5, 5.41) is 14.0. The molecule has 2 heterocycles. The van der Waals surface area contributed by atoms with E-state index in [0.29, 0.717) is 29.0 Å². The van der Waals surface area contributed by atoms with Gasteiger partial charge < -0.3 is 15.4 Å². The van der Waals surface area contributed by atoms with Crippen LogP contribution in [0.2, 0.25) is 0 Å². The van der Waals surface area contributed by atoms with E-state index in [1.54, 1.807) is 20.4 Å². The van der Waals surface area contributed by atoms with Crippen LogP contribution in [0, 0.1) is 11.8 Å². The summed E-state index contributed by atoms with van der Waals surface area (Å²) in [5.74, 6) is 1.19. The summed E-state index contributed by atoms with van der Waals surface area (Å²) in [5.41, 5.74) is 4.49. The fraction of sp³-hybridized carbons (Fsp3) is 0.375. The van der Waals surface area contributed by atoms with Gasteiger partial charge in [-0.2, -0.15) is 5.10 Å². The quantitative estimate of drug-likeness (QED) is 0.322. The normalized spacial score (nSPS) is 26.6. The Hall–Kier alpha value is -4.20. The summed E-state index contributed by atoms with van der Waals surface area (Å²) in [4.78, 5) is 30.6. The maximum absolute atomic E-state index is 14.0. The van der Waals surface area contributed by atoms with Gasteiger partial charge in [0, 0.05) is 29.7 Å². The molecule has 4 aromatic rings. The van der Waals surface area contributed by atoms with Crippen LogP contribution in [0.4, 0.5) is 0 Å². The average Bonchev–Trinajstić information content (AvgIpc) is 3.39. The maximum Gasteiger partial charge on any atom is 0.272 e. The molecule has 4 saturated carbocycles. The number of fused-ring (bicyclic) bond motifs is 1. The van der Waals surface area contributed by atoms with Gasteiger partial charge in [-0.25, -0.2) is 4.98 Å². The molecule has 0 saturated heterocycles. The van der Waals surface area contributed by atoms with Crippen molar-refractivity contribution in [2.75, 3.05) is 14.2 Å². The van der Waals surface area contributed by atoms with E-state index in [1.165, 1.54) is 24.8 Å². The van der Waals surface area contributed by atoms with Gasteiger partial charge in [-0.05, 0) is 85.1 Å². The van der Waals surface area contributed by atoms with Crippen LogP contribution in [-0.4, -0.2) is 46.7 Å². The lowest BCUT2D eigenvalue weighted by molar-refractivity contribution is -0.0371. The number of carbonyl (C=O) groups is 2. The summed E-state index contributed by atoms with van der Waals surface area (Å²) in [7, 11) is 3.13. The van der Waals surface area contributed by atoms with Crippen LogP contribution in [0.25, 0.3) is 22.0 Å². The van der Waals surface area contributed by atoms with Crippen LogP contribution in [0.15, 0.2) is 60.8 Å². The first-order valence-electron chi connectivity index (χ1n) is 14.0. The number of carbonyl (C=O) groups excluding carboxylic acids is 2. The molecule has 204 valence electrons. The lowest BCUT2D eigenvalue weighted by Gasteiger charge is -2.62. The number of aromatic amines is 1. The Morgan fingerprint density at radius 2 is 1.75 bits per heavy atom. The maximum atomic E-state index is 14.0. The number of methoxy groups -OCH3 is 1. The summed E-state index contributed by atoms with van der Waals surface area (Å²) >= 11 is 0. The largest absolute Gasteiger partial charge is 0.480 e. The van der Waals surface area contributed by atoms with Gasteiger partial charge in [0.15, 0.2) is 5.69 Å².